The second-order valence-electron chi connectivity index (χ2n) is 7.55. The molecule has 0 saturated carbocycles. The van der Waals surface area contributed by atoms with Crippen molar-refractivity contribution in [1.82, 2.24) is 10.3 Å². The number of hydrogen-bond donors (Lipinski definition) is 2. The van der Waals surface area contributed by atoms with E-state index in [1.54, 1.807) is 27.7 Å². The fourth-order valence-corrected chi connectivity index (χ4v) is 3.93. The normalized spacial score (nSPS) is 16.3. The molecule has 0 fully saturated rings. The minimum atomic E-state index is -0.972. The van der Waals surface area contributed by atoms with Gasteiger partial charge in [-0.15, -0.1) is 0 Å². The Bertz CT molecular complexity index is 962. The van der Waals surface area contributed by atoms with E-state index in [0.717, 1.165) is 24.8 Å². The van der Waals surface area contributed by atoms with Crippen LogP contribution in [0.15, 0.2) is 24.3 Å². The first-order valence-electron chi connectivity index (χ1n) is 10.3. The first kappa shape index (κ1) is 21.6. The van der Waals surface area contributed by atoms with E-state index < -0.39 is 18.0 Å². The van der Waals surface area contributed by atoms with Crippen LogP contribution < -0.4 is 5.32 Å². The van der Waals surface area contributed by atoms with Gasteiger partial charge in [-0.25, -0.2) is 9.59 Å². The molecule has 0 saturated heterocycles. The topological polar surface area (TPSA) is 97.5 Å². The highest BCUT2D eigenvalue weighted by atomic mass is 16.5. The van der Waals surface area contributed by atoms with Crippen molar-refractivity contribution in [3.8, 4) is 0 Å². The summed E-state index contributed by atoms with van der Waals surface area (Å²) in [6, 6.07) is 7.98. The number of carbonyl (C=O) groups is 3. The smallest absolute Gasteiger partial charge is 0.355 e. The van der Waals surface area contributed by atoms with E-state index >= 15 is 0 Å². The molecule has 1 aliphatic rings. The summed E-state index contributed by atoms with van der Waals surface area (Å²) in [4.78, 5) is 40.3. The summed E-state index contributed by atoms with van der Waals surface area (Å²) in [5.41, 5.74) is 3.80. The van der Waals surface area contributed by atoms with Gasteiger partial charge in [-0.05, 0) is 63.6 Å². The molecule has 1 aliphatic carbocycles. The summed E-state index contributed by atoms with van der Waals surface area (Å²) >= 11 is 0. The quantitative estimate of drug-likeness (QED) is 0.707. The third kappa shape index (κ3) is 4.40. The summed E-state index contributed by atoms with van der Waals surface area (Å²) in [5.74, 6) is -1.53. The first-order valence-corrected chi connectivity index (χ1v) is 10.3. The number of H-pyrrole nitrogens is 1. The van der Waals surface area contributed by atoms with Crippen LogP contribution in [0.1, 0.15) is 76.0 Å². The van der Waals surface area contributed by atoms with Gasteiger partial charge in [0.2, 0.25) is 0 Å². The summed E-state index contributed by atoms with van der Waals surface area (Å²) in [6.45, 7) is 6.83. The van der Waals surface area contributed by atoms with Crippen molar-refractivity contribution in [2.45, 2.75) is 59.1 Å². The lowest BCUT2D eigenvalue weighted by molar-refractivity contribution is -0.130. The van der Waals surface area contributed by atoms with Crippen molar-refractivity contribution in [1.29, 1.82) is 0 Å². The molecule has 0 radical (unpaired) electrons. The molecule has 2 aromatic rings. The largest absolute Gasteiger partial charge is 0.462 e. The predicted octanol–water partition coefficient (Wildman–Crippen LogP) is 3.55. The van der Waals surface area contributed by atoms with Crippen LogP contribution in [0, 0.1) is 13.8 Å². The van der Waals surface area contributed by atoms with E-state index in [2.05, 4.69) is 16.4 Å². The van der Waals surface area contributed by atoms with Crippen molar-refractivity contribution in [3.05, 3.63) is 57.9 Å². The molecule has 1 aromatic heterocycles. The van der Waals surface area contributed by atoms with Crippen LogP contribution in [0.4, 0.5) is 0 Å². The molecule has 3 rings (SSSR count). The minimum Gasteiger partial charge on any atom is -0.462 e. The second-order valence-corrected chi connectivity index (χ2v) is 7.55. The van der Waals surface area contributed by atoms with Gasteiger partial charge in [0.1, 0.15) is 5.69 Å². The maximum absolute atomic E-state index is 12.7. The van der Waals surface area contributed by atoms with Crippen molar-refractivity contribution >= 4 is 17.8 Å². The number of benzene rings is 1. The molecule has 2 atom stereocenters. The number of ether oxygens (including phenoxy) is 2. The summed E-state index contributed by atoms with van der Waals surface area (Å²) in [6.07, 6.45) is 1.87. The van der Waals surface area contributed by atoms with Crippen LogP contribution in [0.5, 0.6) is 0 Å². The van der Waals surface area contributed by atoms with E-state index in [0.29, 0.717) is 16.8 Å². The molecule has 0 unspecified atom stereocenters. The van der Waals surface area contributed by atoms with E-state index in [1.165, 1.54) is 5.56 Å². The highest BCUT2D eigenvalue weighted by molar-refractivity contribution is 5.99. The highest BCUT2D eigenvalue weighted by Crippen LogP contribution is 2.29. The molecule has 0 bridgehead atoms. The van der Waals surface area contributed by atoms with Crippen LogP contribution in [0.2, 0.25) is 0 Å². The molecule has 7 heteroatoms. The van der Waals surface area contributed by atoms with E-state index in [1.807, 2.05) is 18.2 Å². The van der Waals surface area contributed by atoms with Crippen molar-refractivity contribution in [2.24, 2.45) is 0 Å². The number of aryl methyl sites for hydroxylation is 2. The zero-order valence-corrected chi connectivity index (χ0v) is 17.8. The third-order valence-electron chi connectivity index (χ3n) is 5.46. The SMILES string of the molecule is CCOC(=O)c1c(C)[nH]c(C(=O)O[C@H](C)C(=O)N[C@H]2CCCc3ccccc32)c1C. The summed E-state index contributed by atoms with van der Waals surface area (Å²) < 4.78 is 10.4. The Hall–Kier alpha value is -3.09. The van der Waals surface area contributed by atoms with Gasteiger partial charge in [-0.3, -0.25) is 4.79 Å². The van der Waals surface area contributed by atoms with Crippen LogP contribution in [0.25, 0.3) is 0 Å². The maximum Gasteiger partial charge on any atom is 0.355 e. The molecular formula is C23H28N2O5. The highest BCUT2D eigenvalue weighted by Gasteiger charge is 2.28. The van der Waals surface area contributed by atoms with Gasteiger partial charge in [0.25, 0.3) is 5.91 Å². The minimum absolute atomic E-state index is 0.0894. The number of nitrogens with one attached hydrogen (secondary N) is 2. The predicted molar refractivity (Wildman–Crippen MR) is 111 cm³/mol. The Balaban J connectivity index is 1.67. The number of aromatic amines is 1. The Morgan fingerprint density at radius 1 is 1.20 bits per heavy atom. The standard InChI is InChI=1S/C23H28N2O5/c1-5-29-22(27)19-13(2)20(24-14(19)3)23(28)30-15(4)21(26)25-18-12-8-10-16-9-6-7-11-17(16)18/h6-7,9,11,15,18,24H,5,8,10,12H2,1-4H3,(H,25,26)/t15-,18+/m1/s1. The van der Waals surface area contributed by atoms with Crippen molar-refractivity contribution in [2.75, 3.05) is 6.61 Å². The lowest BCUT2D eigenvalue weighted by Crippen LogP contribution is -2.39. The van der Waals surface area contributed by atoms with Gasteiger partial charge in [-0.2, -0.15) is 0 Å². The summed E-state index contributed by atoms with van der Waals surface area (Å²) in [5, 5.41) is 3.00. The first-order chi connectivity index (χ1) is 14.3. The third-order valence-corrected chi connectivity index (χ3v) is 5.46. The average molecular weight is 412 g/mol. The number of amides is 1. The Kier molecular flexibility index (Phi) is 6.59. The lowest BCUT2D eigenvalue weighted by atomic mass is 9.87. The van der Waals surface area contributed by atoms with Crippen LogP contribution in [-0.4, -0.2) is 35.5 Å². The number of rotatable bonds is 6. The van der Waals surface area contributed by atoms with E-state index in [9.17, 15) is 14.4 Å². The Morgan fingerprint density at radius 2 is 1.93 bits per heavy atom. The van der Waals surface area contributed by atoms with Gasteiger partial charge in [0.05, 0.1) is 18.2 Å². The van der Waals surface area contributed by atoms with Crippen LogP contribution in [0.3, 0.4) is 0 Å². The second kappa shape index (κ2) is 9.15. The molecule has 0 spiro atoms. The number of fused-ring (bicyclic) bond motifs is 1. The molecule has 1 aromatic carbocycles. The number of aromatic nitrogens is 1. The Labute approximate surface area is 176 Å². The van der Waals surface area contributed by atoms with Gasteiger partial charge < -0.3 is 19.8 Å². The lowest BCUT2D eigenvalue weighted by Gasteiger charge is -2.27. The average Bonchev–Trinajstić information content (AvgIpc) is 3.02. The fraction of sp³-hybridized carbons (Fsp3) is 0.435. The number of hydrogen-bond acceptors (Lipinski definition) is 5. The van der Waals surface area contributed by atoms with Gasteiger partial charge in [-0.1, -0.05) is 24.3 Å². The molecular weight excluding hydrogens is 384 g/mol. The number of carbonyl (C=O) groups excluding carboxylic acids is 3. The molecule has 0 aliphatic heterocycles. The molecule has 2 N–H and O–H groups in total. The van der Waals surface area contributed by atoms with Crippen LogP contribution >= 0.6 is 0 Å². The zero-order chi connectivity index (χ0) is 21.8. The van der Waals surface area contributed by atoms with Gasteiger partial charge in [0.15, 0.2) is 6.10 Å². The van der Waals surface area contributed by atoms with Gasteiger partial charge in [0, 0.05) is 5.69 Å². The van der Waals surface area contributed by atoms with Crippen LogP contribution in [-0.2, 0) is 20.7 Å². The van der Waals surface area contributed by atoms with E-state index in [4.69, 9.17) is 9.47 Å². The molecule has 7 nitrogen and oxygen atoms in total. The van der Waals surface area contributed by atoms with Crippen molar-refractivity contribution < 1.29 is 23.9 Å². The maximum atomic E-state index is 12.7. The van der Waals surface area contributed by atoms with Gasteiger partial charge >= 0.3 is 11.9 Å². The molecule has 1 heterocycles. The van der Waals surface area contributed by atoms with Crippen molar-refractivity contribution in [3.63, 3.8) is 0 Å². The summed E-state index contributed by atoms with van der Waals surface area (Å²) in [7, 11) is 0. The molecule has 160 valence electrons. The molecule has 1 amide bonds. The zero-order valence-electron chi connectivity index (χ0n) is 17.8. The fourth-order valence-electron chi connectivity index (χ4n) is 3.93. The molecule has 30 heavy (non-hydrogen) atoms. The monoisotopic (exact) mass is 412 g/mol. The number of esters is 2. The Morgan fingerprint density at radius 3 is 2.67 bits per heavy atom. The van der Waals surface area contributed by atoms with E-state index in [-0.39, 0.29) is 24.2 Å².